The summed E-state index contributed by atoms with van der Waals surface area (Å²) >= 11 is 0. The predicted molar refractivity (Wildman–Crippen MR) is 74.9 cm³/mol. The Labute approximate surface area is 110 Å². The van der Waals surface area contributed by atoms with Crippen molar-refractivity contribution in [2.24, 2.45) is 5.41 Å². The minimum Gasteiger partial charge on any atom is -0.351 e. The van der Waals surface area contributed by atoms with Crippen LogP contribution < -0.4 is 5.32 Å². The number of carbonyl (C=O) groups excluding carboxylic acids is 1. The normalized spacial score (nSPS) is 17.1. The molecule has 0 atom stereocenters. The van der Waals surface area contributed by atoms with Crippen LogP contribution in [-0.2, 0) is 0 Å². The third-order valence-electron chi connectivity index (χ3n) is 4.29. The van der Waals surface area contributed by atoms with E-state index in [1.807, 2.05) is 19.9 Å². The molecule has 0 saturated heterocycles. The highest BCUT2D eigenvalue weighted by Gasteiger charge is 2.32. The van der Waals surface area contributed by atoms with Gasteiger partial charge in [0.05, 0.1) is 0 Å². The third kappa shape index (κ3) is 2.58. The van der Waals surface area contributed by atoms with Crippen LogP contribution in [0, 0.1) is 26.2 Å². The van der Waals surface area contributed by atoms with Crippen molar-refractivity contribution in [3.05, 3.63) is 34.4 Å². The van der Waals surface area contributed by atoms with E-state index in [4.69, 9.17) is 0 Å². The molecule has 2 heteroatoms. The lowest BCUT2D eigenvalue weighted by molar-refractivity contribution is 0.0890. The van der Waals surface area contributed by atoms with E-state index in [0.717, 1.165) is 23.2 Å². The fraction of sp³-hybridized carbons (Fsp3) is 0.562. The zero-order chi connectivity index (χ0) is 13.3. The van der Waals surface area contributed by atoms with Gasteiger partial charge in [-0.05, 0) is 56.2 Å². The number of rotatable bonds is 3. The van der Waals surface area contributed by atoms with Crippen molar-refractivity contribution in [3.63, 3.8) is 0 Å². The van der Waals surface area contributed by atoms with Gasteiger partial charge in [-0.3, -0.25) is 4.79 Å². The SMILES string of the molecule is Cc1cc(C)c(C)c(C(=O)NCC2(C)CCC2)c1. The van der Waals surface area contributed by atoms with Crippen LogP contribution in [0.15, 0.2) is 12.1 Å². The Morgan fingerprint density at radius 3 is 2.50 bits per heavy atom. The molecule has 1 N–H and O–H groups in total. The molecule has 0 aromatic heterocycles. The number of benzene rings is 1. The van der Waals surface area contributed by atoms with Gasteiger partial charge >= 0.3 is 0 Å². The molecule has 0 bridgehead atoms. The van der Waals surface area contributed by atoms with Crippen molar-refractivity contribution >= 4 is 5.91 Å². The molecule has 2 nitrogen and oxygen atoms in total. The van der Waals surface area contributed by atoms with Crippen LogP contribution in [0.25, 0.3) is 0 Å². The maximum Gasteiger partial charge on any atom is 0.251 e. The largest absolute Gasteiger partial charge is 0.351 e. The molecule has 2 rings (SSSR count). The first-order valence-electron chi connectivity index (χ1n) is 6.77. The molecule has 1 aliphatic rings. The van der Waals surface area contributed by atoms with Crippen molar-refractivity contribution in [1.82, 2.24) is 5.32 Å². The average Bonchev–Trinajstić information content (AvgIpc) is 2.28. The molecule has 0 radical (unpaired) electrons. The molecule has 1 fully saturated rings. The lowest BCUT2D eigenvalue weighted by Gasteiger charge is -2.38. The van der Waals surface area contributed by atoms with E-state index in [1.165, 1.54) is 24.8 Å². The van der Waals surface area contributed by atoms with Gasteiger partial charge in [0.25, 0.3) is 5.91 Å². The summed E-state index contributed by atoms with van der Waals surface area (Å²) in [6, 6.07) is 4.11. The number of hydrogen-bond acceptors (Lipinski definition) is 1. The summed E-state index contributed by atoms with van der Waals surface area (Å²) in [5.41, 5.74) is 4.60. The summed E-state index contributed by atoms with van der Waals surface area (Å²) in [5.74, 6) is 0.0763. The van der Waals surface area contributed by atoms with E-state index in [1.54, 1.807) is 0 Å². The van der Waals surface area contributed by atoms with E-state index in [9.17, 15) is 4.79 Å². The molecule has 0 heterocycles. The first-order valence-corrected chi connectivity index (χ1v) is 6.77. The molecule has 18 heavy (non-hydrogen) atoms. The first kappa shape index (κ1) is 13.1. The summed E-state index contributed by atoms with van der Waals surface area (Å²) in [4.78, 5) is 12.2. The van der Waals surface area contributed by atoms with Crippen molar-refractivity contribution in [2.75, 3.05) is 6.54 Å². The van der Waals surface area contributed by atoms with Crippen molar-refractivity contribution in [3.8, 4) is 0 Å². The Hall–Kier alpha value is -1.31. The van der Waals surface area contributed by atoms with Crippen molar-refractivity contribution < 1.29 is 4.79 Å². The zero-order valence-corrected chi connectivity index (χ0v) is 11.9. The first-order chi connectivity index (χ1) is 8.41. The van der Waals surface area contributed by atoms with Gasteiger partial charge in [0.1, 0.15) is 0 Å². The highest BCUT2D eigenvalue weighted by molar-refractivity contribution is 5.96. The van der Waals surface area contributed by atoms with E-state index in [2.05, 4.69) is 25.2 Å². The van der Waals surface area contributed by atoms with Crippen LogP contribution in [0.2, 0.25) is 0 Å². The molecule has 1 saturated carbocycles. The quantitative estimate of drug-likeness (QED) is 0.867. The maximum absolute atomic E-state index is 12.2. The van der Waals surface area contributed by atoms with Crippen LogP contribution in [0.5, 0.6) is 0 Å². The van der Waals surface area contributed by atoms with Crippen molar-refractivity contribution in [1.29, 1.82) is 0 Å². The molecule has 1 aromatic carbocycles. The number of amides is 1. The molecule has 1 aromatic rings. The van der Waals surface area contributed by atoms with E-state index >= 15 is 0 Å². The van der Waals surface area contributed by atoms with E-state index < -0.39 is 0 Å². The van der Waals surface area contributed by atoms with Crippen LogP contribution >= 0.6 is 0 Å². The molecular formula is C16H23NO. The second kappa shape index (κ2) is 4.75. The molecule has 98 valence electrons. The summed E-state index contributed by atoms with van der Waals surface area (Å²) in [5, 5.41) is 3.10. The average molecular weight is 245 g/mol. The Kier molecular flexibility index (Phi) is 3.47. The number of carbonyl (C=O) groups is 1. The lowest BCUT2D eigenvalue weighted by Crippen LogP contribution is -2.40. The molecular weight excluding hydrogens is 222 g/mol. The van der Waals surface area contributed by atoms with Gasteiger partial charge in [-0.1, -0.05) is 25.0 Å². The lowest BCUT2D eigenvalue weighted by atomic mass is 9.70. The number of nitrogens with one attached hydrogen (secondary N) is 1. The van der Waals surface area contributed by atoms with Crippen LogP contribution in [-0.4, -0.2) is 12.5 Å². The molecule has 0 aliphatic heterocycles. The Morgan fingerprint density at radius 2 is 1.94 bits per heavy atom. The van der Waals surface area contributed by atoms with Gasteiger partial charge < -0.3 is 5.32 Å². The minimum absolute atomic E-state index is 0.0763. The van der Waals surface area contributed by atoms with Crippen LogP contribution in [0.1, 0.15) is 53.2 Å². The second-order valence-corrected chi connectivity index (χ2v) is 6.10. The number of aryl methyl sites for hydroxylation is 2. The van der Waals surface area contributed by atoms with Gasteiger partial charge in [0.15, 0.2) is 0 Å². The summed E-state index contributed by atoms with van der Waals surface area (Å²) in [6.07, 6.45) is 3.77. The second-order valence-electron chi connectivity index (χ2n) is 6.10. The smallest absolute Gasteiger partial charge is 0.251 e. The molecule has 0 spiro atoms. The summed E-state index contributed by atoms with van der Waals surface area (Å²) < 4.78 is 0. The summed E-state index contributed by atoms with van der Waals surface area (Å²) in [7, 11) is 0. The van der Waals surface area contributed by atoms with Crippen LogP contribution in [0.4, 0.5) is 0 Å². The molecule has 0 unspecified atom stereocenters. The highest BCUT2D eigenvalue weighted by Crippen LogP contribution is 2.39. The highest BCUT2D eigenvalue weighted by atomic mass is 16.1. The molecule has 1 amide bonds. The van der Waals surface area contributed by atoms with Gasteiger partial charge in [-0.2, -0.15) is 0 Å². The predicted octanol–water partition coefficient (Wildman–Crippen LogP) is 3.53. The maximum atomic E-state index is 12.2. The zero-order valence-electron chi connectivity index (χ0n) is 11.9. The van der Waals surface area contributed by atoms with Crippen molar-refractivity contribution in [2.45, 2.75) is 47.0 Å². The van der Waals surface area contributed by atoms with Gasteiger partial charge in [0.2, 0.25) is 0 Å². The van der Waals surface area contributed by atoms with E-state index in [-0.39, 0.29) is 5.91 Å². The van der Waals surface area contributed by atoms with Crippen LogP contribution in [0.3, 0.4) is 0 Å². The Bertz CT molecular complexity index is 472. The third-order valence-corrected chi connectivity index (χ3v) is 4.29. The van der Waals surface area contributed by atoms with Gasteiger partial charge in [-0.25, -0.2) is 0 Å². The monoisotopic (exact) mass is 245 g/mol. The molecule has 1 aliphatic carbocycles. The Balaban J connectivity index is 2.09. The fourth-order valence-electron chi connectivity index (χ4n) is 2.62. The Morgan fingerprint density at radius 1 is 1.28 bits per heavy atom. The van der Waals surface area contributed by atoms with Gasteiger partial charge in [0, 0.05) is 12.1 Å². The van der Waals surface area contributed by atoms with E-state index in [0.29, 0.717) is 5.41 Å². The fourth-order valence-corrected chi connectivity index (χ4v) is 2.62. The number of hydrogen-bond donors (Lipinski definition) is 1. The minimum atomic E-state index is 0.0763. The summed E-state index contributed by atoms with van der Waals surface area (Å²) in [6.45, 7) is 9.18. The standard InChI is InChI=1S/C16H23NO/c1-11-8-12(2)13(3)14(9-11)15(18)17-10-16(4)6-5-7-16/h8-9H,5-7,10H2,1-4H3,(H,17,18). The van der Waals surface area contributed by atoms with Gasteiger partial charge in [-0.15, -0.1) is 0 Å². The topological polar surface area (TPSA) is 29.1 Å².